The van der Waals surface area contributed by atoms with Gasteiger partial charge in [-0.15, -0.1) is 0 Å². The molecule has 3 nitrogen and oxygen atoms in total. The van der Waals surface area contributed by atoms with Gasteiger partial charge in [0.1, 0.15) is 0 Å². The van der Waals surface area contributed by atoms with Crippen LogP contribution >= 0.6 is 0 Å². The molecule has 1 heterocycles. The quantitative estimate of drug-likeness (QED) is 0.790. The molecule has 18 heavy (non-hydrogen) atoms. The van der Waals surface area contributed by atoms with Gasteiger partial charge in [0.05, 0.1) is 0 Å². The van der Waals surface area contributed by atoms with Crippen LogP contribution in [0.3, 0.4) is 0 Å². The van der Waals surface area contributed by atoms with Crippen molar-refractivity contribution in [3.05, 3.63) is 0 Å². The third-order valence-electron chi connectivity index (χ3n) is 3.93. The highest BCUT2D eigenvalue weighted by Gasteiger charge is 2.21. The Kier molecular flexibility index (Phi) is 7.33. The summed E-state index contributed by atoms with van der Waals surface area (Å²) in [7, 11) is 0. The number of likely N-dealkylation sites (tertiary alicyclic amines) is 1. The van der Waals surface area contributed by atoms with Crippen LogP contribution in [0.4, 0.5) is 0 Å². The molecule has 3 heteroatoms. The Labute approximate surface area is 112 Å². The van der Waals surface area contributed by atoms with Crippen LogP contribution in [-0.2, 0) is 4.79 Å². The first-order chi connectivity index (χ1) is 8.67. The van der Waals surface area contributed by atoms with Crippen LogP contribution < -0.4 is 5.32 Å². The fourth-order valence-corrected chi connectivity index (χ4v) is 2.92. The van der Waals surface area contributed by atoms with Crippen molar-refractivity contribution < 1.29 is 4.79 Å². The summed E-state index contributed by atoms with van der Waals surface area (Å²) < 4.78 is 0. The first-order valence-corrected chi connectivity index (χ1v) is 7.68. The summed E-state index contributed by atoms with van der Waals surface area (Å²) in [5.41, 5.74) is 0. The zero-order chi connectivity index (χ0) is 13.4. The summed E-state index contributed by atoms with van der Waals surface area (Å²) in [5, 5.41) is 3.31. The molecular weight excluding hydrogens is 224 g/mol. The molecule has 0 spiro atoms. The lowest BCUT2D eigenvalue weighted by atomic mass is 9.96. The fraction of sp³-hybridized carbons (Fsp3) is 0.933. The van der Waals surface area contributed by atoms with Crippen LogP contribution in [0.25, 0.3) is 0 Å². The minimum Gasteiger partial charge on any atom is -0.343 e. The first-order valence-electron chi connectivity index (χ1n) is 7.68. The van der Waals surface area contributed by atoms with E-state index in [9.17, 15) is 4.79 Å². The lowest BCUT2D eigenvalue weighted by Gasteiger charge is -2.23. The van der Waals surface area contributed by atoms with Crippen molar-refractivity contribution in [3.8, 4) is 0 Å². The lowest BCUT2D eigenvalue weighted by Crippen LogP contribution is -2.37. The van der Waals surface area contributed by atoms with Crippen LogP contribution in [0.15, 0.2) is 0 Å². The summed E-state index contributed by atoms with van der Waals surface area (Å²) in [6.45, 7) is 9.32. The number of nitrogens with zero attached hydrogens (tertiary/aromatic N) is 1. The molecule has 1 aliphatic heterocycles. The van der Waals surface area contributed by atoms with Gasteiger partial charge in [0, 0.05) is 25.6 Å². The Balaban J connectivity index is 2.35. The van der Waals surface area contributed by atoms with Gasteiger partial charge in [0.25, 0.3) is 0 Å². The highest BCUT2D eigenvalue weighted by atomic mass is 16.2. The molecule has 2 unspecified atom stereocenters. The van der Waals surface area contributed by atoms with E-state index in [0.29, 0.717) is 18.4 Å². The average molecular weight is 254 g/mol. The lowest BCUT2D eigenvalue weighted by molar-refractivity contribution is -0.131. The van der Waals surface area contributed by atoms with Crippen LogP contribution in [0.1, 0.15) is 59.3 Å². The number of hydrogen-bond acceptors (Lipinski definition) is 2. The van der Waals surface area contributed by atoms with E-state index in [-0.39, 0.29) is 0 Å². The summed E-state index contributed by atoms with van der Waals surface area (Å²) in [5.74, 6) is 1.18. The van der Waals surface area contributed by atoms with E-state index in [2.05, 4.69) is 31.0 Å². The minimum atomic E-state index is 0.303. The molecule has 0 saturated carbocycles. The number of carbonyl (C=O) groups is 1. The van der Waals surface area contributed by atoms with Gasteiger partial charge in [-0.05, 0) is 38.6 Å². The van der Waals surface area contributed by atoms with Gasteiger partial charge in [-0.3, -0.25) is 4.79 Å². The number of amides is 1. The maximum atomic E-state index is 12.2. The van der Waals surface area contributed by atoms with Crippen molar-refractivity contribution in [3.63, 3.8) is 0 Å². The monoisotopic (exact) mass is 254 g/mol. The van der Waals surface area contributed by atoms with E-state index < -0.39 is 0 Å². The van der Waals surface area contributed by atoms with Gasteiger partial charge in [-0.1, -0.05) is 26.7 Å². The second kappa shape index (κ2) is 8.52. The predicted molar refractivity (Wildman–Crippen MR) is 76.6 cm³/mol. The molecule has 0 radical (unpaired) electrons. The van der Waals surface area contributed by atoms with Crippen molar-refractivity contribution in [1.82, 2.24) is 10.2 Å². The third kappa shape index (κ3) is 5.38. The van der Waals surface area contributed by atoms with E-state index in [1.165, 1.54) is 32.1 Å². The number of hydrogen-bond donors (Lipinski definition) is 1. The molecule has 0 aromatic carbocycles. The summed E-state index contributed by atoms with van der Waals surface area (Å²) in [6.07, 6.45) is 6.94. The smallest absolute Gasteiger partial charge is 0.224 e. The summed E-state index contributed by atoms with van der Waals surface area (Å²) >= 11 is 0. The van der Waals surface area contributed by atoms with Gasteiger partial charge in [-0.25, -0.2) is 0 Å². The summed E-state index contributed by atoms with van der Waals surface area (Å²) in [6, 6.07) is 0.303. The van der Waals surface area contributed by atoms with Gasteiger partial charge < -0.3 is 10.2 Å². The molecule has 1 rings (SSSR count). The summed E-state index contributed by atoms with van der Waals surface area (Å²) in [4.78, 5) is 14.3. The molecule has 0 aromatic heterocycles. The topological polar surface area (TPSA) is 32.3 Å². The Morgan fingerprint density at radius 1 is 1.33 bits per heavy atom. The average Bonchev–Trinajstić information content (AvgIpc) is 2.55. The van der Waals surface area contributed by atoms with Crippen molar-refractivity contribution >= 4 is 5.91 Å². The van der Waals surface area contributed by atoms with Gasteiger partial charge in [0.15, 0.2) is 0 Å². The molecule has 106 valence electrons. The number of nitrogens with one attached hydrogen (secondary N) is 1. The molecule has 1 N–H and O–H groups in total. The van der Waals surface area contributed by atoms with Crippen LogP contribution in [-0.4, -0.2) is 36.5 Å². The molecule has 0 aliphatic carbocycles. The zero-order valence-electron chi connectivity index (χ0n) is 12.4. The number of rotatable bonds is 6. The van der Waals surface area contributed by atoms with Crippen molar-refractivity contribution in [2.75, 3.05) is 19.6 Å². The number of carbonyl (C=O) groups excluding carboxylic acids is 1. The van der Waals surface area contributed by atoms with Crippen molar-refractivity contribution in [1.29, 1.82) is 0 Å². The van der Waals surface area contributed by atoms with E-state index in [1.54, 1.807) is 0 Å². The maximum absolute atomic E-state index is 12.2. The SMILES string of the molecule is CCCC1CCCN(C(=O)CC(C)NCC)CC1. The van der Waals surface area contributed by atoms with Gasteiger partial charge in [0.2, 0.25) is 5.91 Å². The predicted octanol–water partition coefficient (Wildman–Crippen LogP) is 2.80. The molecule has 0 bridgehead atoms. The second-order valence-electron chi connectivity index (χ2n) is 5.63. The normalized spacial score (nSPS) is 22.6. The molecule has 1 saturated heterocycles. The standard InChI is InChI=1S/C15H30N2O/c1-4-7-14-8-6-10-17(11-9-14)15(18)12-13(3)16-5-2/h13-14,16H,4-12H2,1-3H3. The molecule has 2 atom stereocenters. The first kappa shape index (κ1) is 15.5. The van der Waals surface area contributed by atoms with E-state index in [4.69, 9.17) is 0 Å². The Hall–Kier alpha value is -0.570. The van der Waals surface area contributed by atoms with Crippen molar-refractivity contribution in [2.24, 2.45) is 5.92 Å². The van der Waals surface area contributed by atoms with Crippen LogP contribution in [0.5, 0.6) is 0 Å². The molecular formula is C15H30N2O. The molecule has 1 amide bonds. The Bertz CT molecular complexity index is 243. The molecule has 0 aromatic rings. The zero-order valence-corrected chi connectivity index (χ0v) is 12.4. The van der Waals surface area contributed by atoms with E-state index >= 15 is 0 Å². The van der Waals surface area contributed by atoms with Crippen LogP contribution in [0.2, 0.25) is 0 Å². The highest BCUT2D eigenvalue weighted by molar-refractivity contribution is 5.76. The van der Waals surface area contributed by atoms with Gasteiger partial charge >= 0.3 is 0 Å². The maximum Gasteiger partial charge on any atom is 0.224 e. The van der Waals surface area contributed by atoms with Gasteiger partial charge in [-0.2, -0.15) is 0 Å². The Morgan fingerprint density at radius 2 is 2.11 bits per heavy atom. The Morgan fingerprint density at radius 3 is 2.78 bits per heavy atom. The second-order valence-corrected chi connectivity index (χ2v) is 5.63. The molecule has 1 aliphatic rings. The van der Waals surface area contributed by atoms with E-state index in [1.807, 2.05) is 0 Å². The third-order valence-corrected chi connectivity index (χ3v) is 3.93. The highest BCUT2D eigenvalue weighted by Crippen LogP contribution is 2.22. The van der Waals surface area contributed by atoms with Crippen LogP contribution in [0, 0.1) is 5.92 Å². The minimum absolute atomic E-state index is 0.303. The largest absolute Gasteiger partial charge is 0.343 e. The van der Waals surface area contributed by atoms with Crippen molar-refractivity contribution in [2.45, 2.75) is 65.3 Å². The fourth-order valence-electron chi connectivity index (χ4n) is 2.92. The van der Waals surface area contributed by atoms with E-state index in [0.717, 1.165) is 25.6 Å². The molecule has 1 fully saturated rings.